The lowest BCUT2D eigenvalue weighted by Crippen LogP contribution is -2.16. The predicted octanol–water partition coefficient (Wildman–Crippen LogP) is 4.62. The summed E-state index contributed by atoms with van der Waals surface area (Å²) in [6.45, 7) is 10.5. The van der Waals surface area contributed by atoms with Crippen LogP contribution in [0.5, 0.6) is 0 Å². The van der Waals surface area contributed by atoms with Gasteiger partial charge in [0.2, 0.25) is 0 Å². The number of benzene rings is 2. The second-order valence-electron chi connectivity index (χ2n) is 5.12. The van der Waals surface area contributed by atoms with Gasteiger partial charge in [-0.1, -0.05) is 66.2 Å². The maximum atomic E-state index is 4.13. The summed E-state index contributed by atoms with van der Waals surface area (Å²) in [6.07, 6.45) is 0. The number of rotatable bonds is 4. The molecule has 0 saturated carbocycles. The number of aryl methyl sites for hydroxylation is 2. The van der Waals surface area contributed by atoms with E-state index in [4.69, 9.17) is 0 Å². The van der Waals surface area contributed by atoms with Crippen LogP contribution in [-0.2, 0) is 0 Å². The first-order valence-electron chi connectivity index (χ1n) is 6.65. The van der Waals surface area contributed by atoms with Gasteiger partial charge in [0, 0.05) is 11.7 Å². The number of hydrogen-bond acceptors (Lipinski definition) is 1. The van der Waals surface area contributed by atoms with Crippen LogP contribution in [0.2, 0.25) is 0 Å². The third-order valence-electron chi connectivity index (χ3n) is 3.37. The molecule has 1 N–H and O–H groups in total. The summed E-state index contributed by atoms with van der Waals surface area (Å²) in [4.78, 5) is 0. The van der Waals surface area contributed by atoms with Gasteiger partial charge in [-0.3, -0.25) is 0 Å². The average molecular weight is 251 g/mol. The predicted molar refractivity (Wildman–Crippen MR) is 82.9 cm³/mol. The van der Waals surface area contributed by atoms with Gasteiger partial charge in [0.05, 0.1) is 0 Å². The van der Waals surface area contributed by atoms with E-state index in [2.05, 4.69) is 81.2 Å². The second kappa shape index (κ2) is 5.75. The molecule has 98 valence electrons. The van der Waals surface area contributed by atoms with Crippen LogP contribution in [0.4, 0.5) is 0 Å². The minimum atomic E-state index is 0.259. The van der Waals surface area contributed by atoms with E-state index >= 15 is 0 Å². The summed E-state index contributed by atoms with van der Waals surface area (Å²) in [6, 6.07) is 17.3. The molecular weight excluding hydrogens is 230 g/mol. The van der Waals surface area contributed by atoms with Crippen LogP contribution < -0.4 is 5.32 Å². The van der Waals surface area contributed by atoms with Crippen LogP contribution in [0.3, 0.4) is 0 Å². The van der Waals surface area contributed by atoms with Crippen LogP contribution in [-0.4, -0.2) is 0 Å². The minimum absolute atomic E-state index is 0.259. The molecule has 0 spiro atoms. The van der Waals surface area contributed by atoms with Crippen LogP contribution in [0, 0.1) is 13.8 Å². The summed E-state index contributed by atoms with van der Waals surface area (Å²) in [7, 11) is 0. The van der Waals surface area contributed by atoms with Crippen molar-refractivity contribution >= 4 is 5.70 Å². The summed E-state index contributed by atoms with van der Waals surface area (Å²) >= 11 is 0. The van der Waals surface area contributed by atoms with Crippen molar-refractivity contribution < 1.29 is 0 Å². The molecule has 1 unspecified atom stereocenters. The molecule has 0 radical (unpaired) electrons. The molecule has 2 aromatic carbocycles. The van der Waals surface area contributed by atoms with E-state index in [-0.39, 0.29) is 6.04 Å². The zero-order valence-corrected chi connectivity index (χ0v) is 11.9. The highest BCUT2D eigenvalue weighted by Crippen LogP contribution is 2.18. The fourth-order valence-corrected chi connectivity index (χ4v) is 2.04. The van der Waals surface area contributed by atoms with E-state index in [0.717, 1.165) is 11.3 Å². The van der Waals surface area contributed by atoms with E-state index in [1.807, 2.05) is 0 Å². The van der Waals surface area contributed by atoms with Gasteiger partial charge in [0.15, 0.2) is 0 Å². The van der Waals surface area contributed by atoms with Gasteiger partial charge in [-0.2, -0.15) is 0 Å². The molecule has 0 aliphatic rings. The van der Waals surface area contributed by atoms with Crippen LogP contribution in [0.25, 0.3) is 5.70 Å². The first-order chi connectivity index (χ1) is 9.06. The summed E-state index contributed by atoms with van der Waals surface area (Å²) < 4.78 is 0. The van der Waals surface area contributed by atoms with Crippen molar-refractivity contribution in [3.05, 3.63) is 77.4 Å². The third kappa shape index (κ3) is 3.47. The maximum absolute atomic E-state index is 4.13. The molecule has 2 aromatic rings. The van der Waals surface area contributed by atoms with Gasteiger partial charge in [0.1, 0.15) is 0 Å². The van der Waals surface area contributed by atoms with Crippen molar-refractivity contribution in [1.82, 2.24) is 5.32 Å². The third-order valence-corrected chi connectivity index (χ3v) is 3.37. The monoisotopic (exact) mass is 251 g/mol. The van der Waals surface area contributed by atoms with E-state index in [1.165, 1.54) is 16.7 Å². The minimum Gasteiger partial charge on any atom is -0.379 e. The smallest absolute Gasteiger partial charge is 0.0485 e. The first-order valence-corrected chi connectivity index (χ1v) is 6.65. The quantitative estimate of drug-likeness (QED) is 0.835. The molecule has 2 rings (SSSR count). The Morgan fingerprint density at radius 2 is 1.37 bits per heavy atom. The van der Waals surface area contributed by atoms with Crippen LogP contribution in [0.1, 0.15) is 35.2 Å². The maximum Gasteiger partial charge on any atom is 0.0485 e. The molecule has 0 heterocycles. The van der Waals surface area contributed by atoms with E-state index in [0.29, 0.717) is 0 Å². The summed E-state index contributed by atoms with van der Waals surface area (Å²) in [5.74, 6) is 0. The Bertz CT molecular complexity index is 549. The number of nitrogens with one attached hydrogen (secondary N) is 1. The van der Waals surface area contributed by atoms with Gasteiger partial charge < -0.3 is 5.32 Å². The highest BCUT2D eigenvalue weighted by atomic mass is 14.9. The fourth-order valence-electron chi connectivity index (χ4n) is 2.04. The highest BCUT2D eigenvalue weighted by molar-refractivity contribution is 5.62. The molecule has 1 nitrogen and oxygen atoms in total. The molecule has 0 fully saturated rings. The molecule has 19 heavy (non-hydrogen) atoms. The Kier molecular flexibility index (Phi) is 4.06. The topological polar surface area (TPSA) is 12.0 Å². The van der Waals surface area contributed by atoms with Crippen molar-refractivity contribution in [3.8, 4) is 0 Å². The Hall–Kier alpha value is -2.02. The van der Waals surface area contributed by atoms with Crippen LogP contribution >= 0.6 is 0 Å². The number of hydrogen-bond donors (Lipinski definition) is 1. The second-order valence-corrected chi connectivity index (χ2v) is 5.12. The van der Waals surface area contributed by atoms with Crippen molar-refractivity contribution in [2.24, 2.45) is 0 Å². The molecule has 0 amide bonds. The molecule has 1 atom stereocenters. The van der Waals surface area contributed by atoms with Gasteiger partial charge in [-0.25, -0.2) is 0 Å². The lowest BCUT2D eigenvalue weighted by molar-refractivity contribution is 0.701. The Morgan fingerprint density at radius 3 is 1.89 bits per heavy atom. The standard InChI is InChI=1S/C18H21N/c1-13-5-9-17(10-6-13)15(3)19-16(4)18-11-7-14(2)8-12-18/h5-12,16,19H,3H2,1-2,4H3. The Balaban J connectivity index is 2.06. The zero-order valence-electron chi connectivity index (χ0n) is 11.9. The van der Waals surface area contributed by atoms with E-state index in [9.17, 15) is 0 Å². The van der Waals surface area contributed by atoms with E-state index in [1.54, 1.807) is 0 Å². The Morgan fingerprint density at radius 1 is 0.895 bits per heavy atom. The van der Waals surface area contributed by atoms with Crippen molar-refractivity contribution in [1.29, 1.82) is 0 Å². The van der Waals surface area contributed by atoms with E-state index < -0.39 is 0 Å². The molecular formula is C18H21N. The lowest BCUT2D eigenvalue weighted by Gasteiger charge is -2.18. The largest absolute Gasteiger partial charge is 0.379 e. The van der Waals surface area contributed by atoms with Gasteiger partial charge in [-0.15, -0.1) is 0 Å². The zero-order chi connectivity index (χ0) is 13.8. The lowest BCUT2D eigenvalue weighted by atomic mass is 10.0. The molecule has 0 aliphatic carbocycles. The Labute approximate surface area is 116 Å². The molecule has 0 aliphatic heterocycles. The van der Waals surface area contributed by atoms with Crippen LogP contribution in [0.15, 0.2) is 55.1 Å². The molecule has 1 heteroatoms. The normalized spacial score (nSPS) is 11.9. The molecule has 0 bridgehead atoms. The fraction of sp³-hybridized carbons (Fsp3) is 0.222. The van der Waals surface area contributed by atoms with Crippen molar-refractivity contribution in [3.63, 3.8) is 0 Å². The molecule has 0 saturated heterocycles. The van der Waals surface area contributed by atoms with Crippen molar-refractivity contribution in [2.75, 3.05) is 0 Å². The van der Waals surface area contributed by atoms with Crippen molar-refractivity contribution in [2.45, 2.75) is 26.8 Å². The van der Waals surface area contributed by atoms with Gasteiger partial charge in [-0.05, 0) is 31.9 Å². The SMILES string of the molecule is C=C(NC(C)c1ccc(C)cc1)c1ccc(C)cc1. The first kappa shape index (κ1) is 13.4. The van der Waals surface area contributed by atoms with Gasteiger partial charge in [0.25, 0.3) is 0 Å². The average Bonchev–Trinajstić information content (AvgIpc) is 2.40. The van der Waals surface area contributed by atoms with Gasteiger partial charge >= 0.3 is 0 Å². The molecule has 0 aromatic heterocycles. The summed E-state index contributed by atoms with van der Waals surface area (Å²) in [5.41, 5.74) is 5.94. The summed E-state index contributed by atoms with van der Waals surface area (Å²) in [5, 5.41) is 3.46. The highest BCUT2D eigenvalue weighted by Gasteiger charge is 2.06.